The second-order valence-corrected chi connectivity index (χ2v) is 6.55. The Hall–Kier alpha value is -1.69. The van der Waals surface area contributed by atoms with Gasteiger partial charge in [0.1, 0.15) is 0 Å². The molecule has 0 radical (unpaired) electrons. The van der Waals surface area contributed by atoms with Crippen molar-refractivity contribution < 1.29 is 14.3 Å². The van der Waals surface area contributed by atoms with Crippen molar-refractivity contribution >= 4 is 29.1 Å². The molecule has 0 aliphatic heterocycles. The van der Waals surface area contributed by atoms with Crippen LogP contribution in [-0.4, -0.2) is 16.0 Å². The molecule has 2 atom stereocenters. The van der Waals surface area contributed by atoms with Crippen LogP contribution >= 0.6 is 23.2 Å². The van der Waals surface area contributed by atoms with Crippen molar-refractivity contribution in [3.63, 3.8) is 0 Å². The number of hydrogen-bond acceptors (Lipinski definition) is 3. The minimum absolute atomic E-state index is 0.0820. The topological polar surface area (TPSA) is 62.2 Å². The van der Waals surface area contributed by atoms with E-state index in [9.17, 15) is 9.90 Å². The Morgan fingerprint density at radius 1 is 1.42 bits per heavy atom. The Balaban J connectivity index is 1.81. The maximum atomic E-state index is 15.4. The molecule has 4 nitrogen and oxygen atoms in total. The Labute approximate surface area is 148 Å². The zero-order valence-corrected chi connectivity index (χ0v) is 14.1. The van der Waals surface area contributed by atoms with Crippen molar-refractivity contribution in [2.24, 2.45) is 0 Å². The van der Waals surface area contributed by atoms with E-state index >= 15 is 4.39 Å². The Morgan fingerprint density at radius 2 is 2.21 bits per heavy atom. The molecule has 1 amide bonds. The average Bonchev–Trinajstić information content (AvgIpc) is 2.57. The lowest BCUT2D eigenvalue weighted by Gasteiger charge is -2.32. The molecule has 0 unspecified atom stereocenters. The van der Waals surface area contributed by atoms with Crippen molar-refractivity contribution in [3.8, 4) is 0 Å². The third-order valence-electron chi connectivity index (χ3n) is 4.16. The first-order chi connectivity index (χ1) is 11.4. The number of pyridine rings is 1. The van der Waals surface area contributed by atoms with Gasteiger partial charge in [-0.2, -0.15) is 0 Å². The maximum absolute atomic E-state index is 15.4. The van der Waals surface area contributed by atoms with Gasteiger partial charge in [-0.05, 0) is 36.6 Å². The van der Waals surface area contributed by atoms with E-state index in [1.165, 1.54) is 12.3 Å². The van der Waals surface area contributed by atoms with Crippen LogP contribution in [-0.2, 0) is 17.0 Å². The van der Waals surface area contributed by atoms with Crippen LogP contribution < -0.4 is 5.32 Å². The fraction of sp³-hybridized carbons (Fsp3) is 0.294. The third-order valence-corrected chi connectivity index (χ3v) is 4.74. The summed E-state index contributed by atoms with van der Waals surface area (Å²) in [6, 6.07) is 7.92. The quantitative estimate of drug-likeness (QED) is 0.868. The molecule has 0 bridgehead atoms. The molecule has 2 aromatic rings. The molecule has 0 saturated carbocycles. The number of halogens is 3. The Bertz CT molecular complexity index is 787. The summed E-state index contributed by atoms with van der Waals surface area (Å²) in [5.74, 6) is -0.769. The first kappa shape index (κ1) is 17.1. The van der Waals surface area contributed by atoms with Crippen molar-refractivity contribution in [3.05, 3.63) is 63.4 Å². The van der Waals surface area contributed by atoms with Gasteiger partial charge in [-0.25, -0.2) is 4.39 Å². The zero-order chi connectivity index (χ0) is 17.3. The number of amides is 1. The SMILES string of the molecule is O=C(NCc1ccc(Cl)cc1Cl)[C@]1(F)CC[C@@H](O)c2ncccc21. The third kappa shape index (κ3) is 3.11. The van der Waals surface area contributed by atoms with E-state index in [2.05, 4.69) is 10.3 Å². The van der Waals surface area contributed by atoms with Crippen LogP contribution in [0.15, 0.2) is 36.5 Å². The van der Waals surface area contributed by atoms with E-state index in [1.54, 1.807) is 24.3 Å². The van der Waals surface area contributed by atoms with Crippen molar-refractivity contribution in [2.45, 2.75) is 31.2 Å². The van der Waals surface area contributed by atoms with Gasteiger partial charge in [-0.3, -0.25) is 9.78 Å². The standard InChI is InChI=1S/C17H15Cl2FN2O2/c18-11-4-3-10(13(19)8-11)9-22-16(24)17(20)6-5-14(23)15-12(17)2-1-7-21-15/h1-4,7-8,14,23H,5-6,9H2,(H,22,24)/t14-,17+/m1/s1. The molecule has 1 aliphatic carbocycles. The molecule has 3 rings (SSSR count). The average molecular weight is 369 g/mol. The number of hydrogen-bond donors (Lipinski definition) is 2. The molecular weight excluding hydrogens is 354 g/mol. The number of nitrogens with zero attached hydrogens (tertiary/aromatic N) is 1. The lowest BCUT2D eigenvalue weighted by molar-refractivity contribution is -0.135. The zero-order valence-electron chi connectivity index (χ0n) is 12.6. The van der Waals surface area contributed by atoms with Crippen LogP contribution in [0.5, 0.6) is 0 Å². The van der Waals surface area contributed by atoms with E-state index in [0.29, 0.717) is 15.6 Å². The number of nitrogens with one attached hydrogen (secondary N) is 1. The highest BCUT2D eigenvalue weighted by Crippen LogP contribution is 2.42. The monoisotopic (exact) mass is 368 g/mol. The minimum atomic E-state index is -2.22. The van der Waals surface area contributed by atoms with Gasteiger partial charge < -0.3 is 10.4 Å². The van der Waals surface area contributed by atoms with E-state index in [4.69, 9.17) is 23.2 Å². The van der Waals surface area contributed by atoms with E-state index in [0.717, 1.165) is 0 Å². The lowest BCUT2D eigenvalue weighted by Crippen LogP contribution is -2.44. The molecule has 1 aliphatic rings. The second kappa shape index (κ2) is 6.67. The van der Waals surface area contributed by atoms with Gasteiger partial charge in [-0.1, -0.05) is 35.3 Å². The number of benzene rings is 1. The molecule has 1 aromatic heterocycles. The molecule has 0 fully saturated rings. The second-order valence-electron chi connectivity index (χ2n) is 5.71. The molecule has 7 heteroatoms. The van der Waals surface area contributed by atoms with Gasteiger partial charge in [0.25, 0.3) is 5.91 Å². The number of fused-ring (bicyclic) bond motifs is 1. The van der Waals surface area contributed by atoms with Gasteiger partial charge in [-0.15, -0.1) is 0 Å². The highest BCUT2D eigenvalue weighted by Gasteiger charge is 2.46. The van der Waals surface area contributed by atoms with Gasteiger partial charge in [0.15, 0.2) is 0 Å². The van der Waals surface area contributed by atoms with Crippen LogP contribution in [0.3, 0.4) is 0 Å². The fourth-order valence-electron chi connectivity index (χ4n) is 2.84. The molecule has 0 spiro atoms. The summed E-state index contributed by atoms with van der Waals surface area (Å²) in [6.45, 7) is 0.0820. The van der Waals surface area contributed by atoms with Crippen LogP contribution in [0.25, 0.3) is 0 Å². The maximum Gasteiger partial charge on any atom is 0.262 e. The molecule has 126 valence electrons. The van der Waals surface area contributed by atoms with E-state index in [-0.39, 0.29) is 30.6 Å². The predicted octanol–water partition coefficient (Wildman–Crippen LogP) is 3.70. The van der Waals surface area contributed by atoms with Crippen LogP contribution in [0, 0.1) is 0 Å². The molecule has 2 N–H and O–H groups in total. The van der Waals surface area contributed by atoms with Crippen LogP contribution in [0.2, 0.25) is 10.0 Å². The summed E-state index contributed by atoms with van der Waals surface area (Å²) in [5.41, 5.74) is -1.25. The molecule has 0 saturated heterocycles. The molecule has 1 heterocycles. The molecule has 24 heavy (non-hydrogen) atoms. The van der Waals surface area contributed by atoms with Gasteiger partial charge >= 0.3 is 0 Å². The lowest BCUT2D eigenvalue weighted by atomic mass is 9.81. The summed E-state index contributed by atoms with van der Waals surface area (Å²) >= 11 is 11.9. The van der Waals surface area contributed by atoms with Gasteiger partial charge in [0.05, 0.1) is 11.8 Å². The van der Waals surface area contributed by atoms with Crippen molar-refractivity contribution in [1.29, 1.82) is 0 Å². The molecule has 1 aromatic carbocycles. The largest absolute Gasteiger partial charge is 0.387 e. The van der Waals surface area contributed by atoms with Gasteiger partial charge in [0, 0.05) is 28.4 Å². The number of aromatic nitrogens is 1. The van der Waals surface area contributed by atoms with Crippen LogP contribution in [0.4, 0.5) is 4.39 Å². The highest BCUT2D eigenvalue weighted by molar-refractivity contribution is 6.35. The predicted molar refractivity (Wildman–Crippen MR) is 89.5 cm³/mol. The first-order valence-electron chi connectivity index (χ1n) is 7.46. The number of alkyl halides is 1. The van der Waals surface area contributed by atoms with E-state index in [1.807, 2.05) is 0 Å². The summed E-state index contributed by atoms with van der Waals surface area (Å²) in [6.07, 6.45) is 0.644. The summed E-state index contributed by atoms with van der Waals surface area (Å²) in [7, 11) is 0. The van der Waals surface area contributed by atoms with Crippen LogP contribution in [0.1, 0.15) is 35.8 Å². The summed E-state index contributed by atoms with van der Waals surface area (Å²) < 4.78 is 15.4. The van der Waals surface area contributed by atoms with Gasteiger partial charge in [0.2, 0.25) is 5.67 Å². The smallest absolute Gasteiger partial charge is 0.262 e. The summed E-state index contributed by atoms with van der Waals surface area (Å²) in [4.78, 5) is 16.5. The number of aliphatic hydroxyl groups excluding tert-OH is 1. The molecular formula is C17H15Cl2FN2O2. The normalized spacial score (nSPS) is 22.8. The Kier molecular flexibility index (Phi) is 4.76. The number of carbonyl (C=O) groups excluding carboxylic acids is 1. The first-order valence-corrected chi connectivity index (χ1v) is 8.22. The van der Waals surface area contributed by atoms with Crippen molar-refractivity contribution in [2.75, 3.05) is 0 Å². The highest BCUT2D eigenvalue weighted by atomic mass is 35.5. The van der Waals surface area contributed by atoms with Crippen molar-refractivity contribution in [1.82, 2.24) is 10.3 Å². The minimum Gasteiger partial charge on any atom is -0.387 e. The summed E-state index contributed by atoms with van der Waals surface area (Å²) in [5, 5.41) is 13.4. The Morgan fingerprint density at radius 3 is 2.96 bits per heavy atom. The van der Waals surface area contributed by atoms with E-state index < -0.39 is 17.7 Å². The number of carbonyl (C=O) groups is 1. The number of aliphatic hydroxyl groups is 1. The fourth-order valence-corrected chi connectivity index (χ4v) is 3.32. The number of rotatable bonds is 3.